The van der Waals surface area contributed by atoms with Crippen molar-refractivity contribution in [2.24, 2.45) is 5.41 Å². The molecule has 1 aromatic rings. The van der Waals surface area contributed by atoms with Crippen molar-refractivity contribution in [2.75, 3.05) is 13.1 Å². The van der Waals surface area contributed by atoms with Crippen LogP contribution in [0.2, 0.25) is 0 Å². The third kappa shape index (κ3) is 3.40. The predicted molar refractivity (Wildman–Crippen MR) is 81.1 cm³/mol. The van der Waals surface area contributed by atoms with Crippen LogP contribution in [0.3, 0.4) is 0 Å². The second-order valence-corrected chi connectivity index (χ2v) is 7.49. The molecular weight excluding hydrogens is 321 g/mol. The Balaban J connectivity index is 2.44. The summed E-state index contributed by atoms with van der Waals surface area (Å²) in [4.78, 5) is 14.0. The van der Waals surface area contributed by atoms with Gasteiger partial charge < -0.3 is 4.90 Å². The van der Waals surface area contributed by atoms with Gasteiger partial charge in [0.05, 0.1) is 28.8 Å². The molecule has 1 saturated heterocycles. The molecule has 5 nitrogen and oxygen atoms in total. The highest BCUT2D eigenvalue weighted by Crippen LogP contribution is 2.36. The first-order valence-electron chi connectivity index (χ1n) is 7.75. The minimum Gasteiger partial charge on any atom is -0.337 e. The van der Waals surface area contributed by atoms with E-state index in [4.69, 9.17) is 0 Å². The van der Waals surface area contributed by atoms with E-state index in [9.17, 15) is 23.2 Å². The van der Waals surface area contributed by atoms with Crippen molar-refractivity contribution in [3.05, 3.63) is 17.5 Å². The molecule has 1 unspecified atom stereocenters. The van der Waals surface area contributed by atoms with Gasteiger partial charge in [-0.2, -0.15) is 23.5 Å². The fraction of sp³-hybridized carbons (Fsp3) is 0.688. The molecule has 0 saturated carbocycles. The Morgan fingerprint density at radius 2 is 2.00 bits per heavy atom. The van der Waals surface area contributed by atoms with E-state index in [1.165, 1.54) is 4.90 Å². The average Bonchev–Trinajstić information content (AvgIpc) is 2.91. The Kier molecular flexibility index (Phi) is 4.42. The van der Waals surface area contributed by atoms with Crippen LogP contribution in [0, 0.1) is 16.7 Å². The van der Waals surface area contributed by atoms with Gasteiger partial charge in [-0.3, -0.25) is 9.48 Å². The quantitative estimate of drug-likeness (QED) is 0.785. The second-order valence-electron chi connectivity index (χ2n) is 7.49. The molecule has 1 atom stereocenters. The Hall–Kier alpha value is -2.04. The van der Waals surface area contributed by atoms with E-state index in [2.05, 4.69) is 11.2 Å². The van der Waals surface area contributed by atoms with Crippen LogP contribution in [0.5, 0.6) is 0 Å². The van der Waals surface area contributed by atoms with Crippen molar-refractivity contribution in [3.8, 4) is 6.07 Å². The highest BCUT2D eigenvalue weighted by atomic mass is 19.4. The number of halogens is 3. The van der Waals surface area contributed by atoms with E-state index in [0.717, 1.165) is 10.9 Å². The summed E-state index contributed by atoms with van der Waals surface area (Å²) < 4.78 is 41.4. The lowest BCUT2D eigenvalue weighted by molar-refractivity contribution is -0.146. The number of nitrogens with zero attached hydrogens (tertiary/aromatic N) is 4. The number of likely N-dealkylation sites (tertiary alicyclic amines) is 1. The van der Waals surface area contributed by atoms with Gasteiger partial charge in [0, 0.05) is 13.1 Å². The lowest BCUT2D eigenvalue weighted by atomic mass is 9.83. The van der Waals surface area contributed by atoms with Gasteiger partial charge >= 0.3 is 6.18 Å². The lowest BCUT2D eigenvalue weighted by Gasteiger charge is -2.36. The molecule has 0 radical (unpaired) electrons. The van der Waals surface area contributed by atoms with Crippen molar-refractivity contribution < 1.29 is 18.0 Å². The number of hydrogen-bond acceptors (Lipinski definition) is 3. The number of carbonyl (C=O) groups is 1. The number of aromatic nitrogens is 2. The van der Waals surface area contributed by atoms with E-state index < -0.39 is 34.3 Å². The lowest BCUT2D eigenvalue weighted by Crippen LogP contribution is -2.44. The molecule has 8 heteroatoms. The zero-order valence-electron chi connectivity index (χ0n) is 14.2. The van der Waals surface area contributed by atoms with Crippen LogP contribution in [0.1, 0.15) is 56.6 Å². The van der Waals surface area contributed by atoms with Crippen LogP contribution in [0.15, 0.2) is 6.20 Å². The van der Waals surface area contributed by atoms with E-state index in [-0.39, 0.29) is 6.54 Å². The molecule has 2 rings (SSSR count). The van der Waals surface area contributed by atoms with Gasteiger partial charge in [-0.05, 0) is 40.5 Å². The maximum atomic E-state index is 13.5. The van der Waals surface area contributed by atoms with Crippen molar-refractivity contribution in [3.63, 3.8) is 0 Å². The van der Waals surface area contributed by atoms with E-state index in [1.807, 2.05) is 0 Å². The van der Waals surface area contributed by atoms with Crippen LogP contribution in [-0.4, -0.2) is 33.7 Å². The number of nitriles is 1. The van der Waals surface area contributed by atoms with Crippen LogP contribution in [0.4, 0.5) is 13.2 Å². The topological polar surface area (TPSA) is 61.9 Å². The molecule has 0 aliphatic carbocycles. The number of amides is 1. The number of piperidine rings is 1. The van der Waals surface area contributed by atoms with Gasteiger partial charge in [0.2, 0.25) is 0 Å². The normalized spacial score (nSPS) is 22.3. The highest BCUT2D eigenvalue weighted by molar-refractivity contribution is 5.95. The summed E-state index contributed by atoms with van der Waals surface area (Å²) in [5.74, 6) is -0.723. The Morgan fingerprint density at radius 1 is 1.38 bits per heavy atom. The molecular formula is C16H21F3N4O. The van der Waals surface area contributed by atoms with Crippen molar-refractivity contribution in [1.82, 2.24) is 14.7 Å². The zero-order chi connectivity index (χ0) is 18.3. The molecule has 1 aliphatic heterocycles. The molecule has 1 fully saturated rings. The summed E-state index contributed by atoms with van der Waals surface area (Å²) in [5, 5.41) is 13.0. The van der Waals surface area contributed by atoms with E-state index >= 15 is 0 Å². The Labute approximate surface area is 139 Å². The number of hydrogen-bond donors (Lipinski definition) is 0. The summed E-state index contributed by atoms with van der Waals surface area (Å²) in [6.45, 7) is 6.97. The van der Waals surface area contributed by atoms with Crippen LogP contribution >= 0.6 is 0 Å². The molecule has 0 bridgehead atoms. The maximum Gasteiger partial charge on any atom is 0.433 e. The fourth-order valence-electron chi connectivity index (χ4n) is 2.96. The van der Waals surface area contributed by atoms with Crippen molar-refractivity contribution in [1.29, 1.82) is 5.26 Å². The van der Waals surface area contributed by atoms with Gasteiger partial charge in [-0.15, -0.1) is 0 Å². The van der Waals surface area contributed by atoms with E-state index in [1.54, 1.807) is 27.7 Å². The molecule has 24 heavy (non-hydrogen) atoms. The van der Waals surface area contributed by atoms with Crippen molar-refractivity contribution >= 4 is 5.91 Å². The van der Waals surface area contributed by atoms with E-state index in [0.29, 0.717) is 19.4 Å². The second kappa shape index (κ2) is 5.80. The molecule has 132 valence electrons. The molecule has 1 aromatic heterocycles. The van der Waals surface area contributed by atoms with Gasteiger partial charge in [0.25, 0.3) is 5.91 Å². The molecule has 1 aliphatic rings. The first-order valence-corrected chi connectivity index (χ1v) is 7.75. The summed E-state index contributed by atoms with van der Waals surface area (Å²) in [6, 6.07) is 2.15. The zero-order valence-corrected chi connectivity index (χ0v) is 14.2. The summed E-state index contributed by atoms with van der Waals surface area (Å²) in [5.41, 5.74) is -3.14. The Bertz CT molecular complexity index is 681. The third-order valence-electron chi connectivity index (χ3n) is 4.16. The van der Waals surface area contributed by atoms with Gasteiger partial charge in [-0.25, -0.2) is 0 Å². The minimum absolute atomic E-state index is 0.125. The largest absolute Gasteiger partial charge is 0.433 e. The Morgan fingerprint density at radius 3 is 2.50 bits per heavy atom. The average molecular weight is 342 g/mol. The summed E-state index contributed by atoms with van der Waals surface area (Å²) in [6.07, 6.45) is -2.50. The van der Waals surface area contributed by atoms with Crippen LogP contribution in [-0.2, 0) is 11.7 Å². The fourth-order valence-corrected chi connectivity index (χ4v) is 2.96. The number of alkyl halides is 3. The number of rotatable bonds is 1. The monoisotopic (exact) mass is 342 g/mol. The summed E-state index contributed by atoms with van der Waals surface area (Å²) in [7, 11) is 0. The molecule has 2 heterocycles. The van der Waals surface area contributed by atoms with Crippen LogP contribution in [0.25, 0.3) is 0 Å². The summed E-state index contributed by atoms with van der Waals surface area (Å²) >= 11 is 0. The smallest absolute Gasteiger partial charge is 0.337 e. The van der Waals surface area contributed by atoms with Crippen molar-refractivity contribution in [2.45, 2.75) is 52.3 Å². The third-order valence-corrected chi connectivity index (χ3v) is 4.16. The molecule has 0 spiro atoms. The highest BCUT2D eigenvalue weighted by Gasteiger charge is 2.44. The SMILES string of the molecule is CC1(C#N)CCCN(C(=O)c2cnn(C(C)(C)C)c2C(F)(F)F)C1. The predicted octanol–water partition coefficient (Wildman–Crippen LogP) is 3.42. The standard InChI is InChI=1S/C16H21F3N4O/c1-14(2,3)23-12(16(17,18)19)11(8-21-23)13(24)22-7-5-6-15(4,9-20)10-22/h8H,5-7,10H2,1-4H3. The van der Waals surface area contributed by atoms with Crippen LogP contribution < -0.4 is 0 Å². The minimum atomic E-state index is -4.69. The van der Waals surface area contributed by atoms with Gasteiger partial charge in [0.15, 0.2) is 5.69 Å². The maximum absolute atomic E-state index is 13.5. The number of carbonyl (C=O) groups excluding carboxylic acids is 1. The molecule has 0 N–H and O–H groups in total. The molecule has 1 amide bonds. The molecule has 0 aromatic carbocycles. The first kappa shape index (κ1) is 18.3. The first-order chi connectivity index (χ1) is 10.9. The van der Waals surface area contributed by atoms with Gasteiger partial charge in [-0.1, -0.05) is 0 Å². The van der Waals surface area contributed by atoms with Gasteiger partial charge in [0.1, 0.15) is 0 Å².